The molecule has 1 aromatic carbocycles. The Hall–Kier alpha value is -1.23. The van der Waals surface area contributed by atoms with Crippen LogP contribution >= 0.6 is 24.0 Å². The van der Waals surface area contributed by atoms with Gasteiger partial charge in [-0.15, -0.1) is 24.0 Å². The first-order chi connectivity index (χ1) is 12.1. The zero-order valence-electron chi connectivity index (χ0n) is 16.5. The summed E-state index contributed by atoms with van der Waals surface area (Å²) in [6, 6.07) is 5.66. The summed E-state index contributed by atoms with van der Waals surface area (Å²) in [6.07, 6.45) is -4.37. The first-order valence-electron chi connectivity index (χ1n) is 8.56. The van der Waals surface area contributed by atoms with Crippen molar-refractivity contribution >= 4 is 29.9 Å². The topological polar surface area (TPSA) is 48.9 Å². The van der Waals surface area contributed by atoms with Gasteiger partial charge < -0.3 is 20.3 Å². The van der Waals surface area contributed by atoms with E-state index in [1.165, 1.54) is 0 Å². The minimum Gasteiger partial charge on any atom is -0.484 e. The van der Waals surface area contributed by atoms with Crippen LogP contribution in [0.5, 0.6) is 5.75 Å². The summed E-state index contributed by atoms with van der Waals surface area (Å²) in [5, 5.41) is 6.29. The van der Waals surface area contributed by atoms with E-state index in [1.54, 1.807) is 19.2 Å². The molecule has 2 N–H and O–H groups in total. The van der Waals surface area contributed by atoms with E-state index >= 15 is 0 Å². The van der Waals surface area contributed by atoms with E-state index in [0.29, 0.717) is 30.7 Å². The molecule has 156 valence electrons. The van der Waals surface area contributed by atoms with E-state index in [9.17, 15) is 13.2 Å². The molecule has 0 bridgehead atoms. The largest absolute Gasteiger partial charge is 0.484 e. The highest BCUT2D eigenvalue weighted by Crippen LogP contribution is 2.23. The average Bonchev–Trinajstić information content (AvgIpc) is 2.56. The molecule has 27 heavy (non-hydrogen) atoms. The van der Waals surface area contributed by atoms with Crippen LogP contribution < -0.4 is 15.4 Å². The second-order valence-corrected chi connectivity index (χ2v) is 6.44. The van der Waals surface area contributed by atoms with E-state index in [0.717, 1.165) is 12.1 Å². The fourth-order valence-corrected chi connectivity index (χ4v) is 2.11. The number of nitrogens with zero attached hydrogens (tertiary/aromatic N) is 2. The first kappa shape index (κ1) is 25.8. The standard InChI is InChI=1S/C18H29F3N4O.HI/c1-13(2)25(5)9-8-23-17(22-4)24-11-15-7-6-14(3)10-16(15)26-12-18(19,20)21;/h6-7,10,13H,8-9,11-12H2,1-5H3,(H2,22,23,24);1H. The molecule has 0 saturated heterocycles. The molecule has 0 atom stereocenters. The molecular weight excluding hydrogens is 472 g/mol. The lowest BCUT2D eigenvalue weighted by molar-refractivity contribution is -0.153. The Labute approximate surface area is 176 Å². The van der Waals surface area contributed by atoms with E-state index in [4.69, 9.17) is 4.74 Å². The molecule has 0 spiro atoms. The summed E-state index contributed by atoms with van der Waals surface area (Å²) >= 11 is 0. The summed E-state index contributed by atoms with van der Waals surface area (Å²) in [7, 11) is 3.69. The molecule has 0 aliphatic heterocycles. The molecule has 0 saturated carbocycles. The highest BCUT2D eigenvalue weighted by Gasteiger charge is 2.28. The normalized spacial score (nSPS) is 12.1. The van der Waals surface area contributed by atoms with E-state index in [-0.39, 0.29) is 29.7 Å². The van der Waals surface area contributed by atoms with Gasteiger partial charge in [0.2, 0.25) is 0 Å². The molecule has 0 fully saturated rings. The lowest BCUT2D eigenvalue weighted by Gasteiger charge is -2.22. The number of nitrogens with one attached hydrogen (secondary N) is 2. The zero-order valence-corrected chi connectivity index (χ0v) is 18.8. The third kappa shape index (κ3) is 10.6. The SMILES string of the molecule is CN=C(NCCN(C)C(C)C)NCc1ccc(C)cc1OCC(F)(F)F.I. The van der Waals surface area contributed by atoms with Crippen LogP contribution in [-0.4, -0.2) is 56.9 Å². The Morgan fingerprint density at radius 2 is 1.93 bits per heavy atom. The lowest BCUT2D eigenvalue weighted by atomic mass is 10.1. The predicted molar refractivity (Wildman–Crippen MR) is 114 cm³/mol. The summed E-state index contributed by atoms with van der Waals surface area (Å²) in [5.41, 5.74) is 1.48. The molecule has 1 aromatic rings. The fourth-order valence-electron chi connectivity index (χ4n) is 2.11. The summed E-state index contributed by atoms with van der Waals surface area (Å²) in [6.45, 7) is 6.61. The third-order valence-electron chi connectivity index (χ3n) is 3.92. The number of halogens is 4. The Morgan fingerprint density at radius 3 is 2.48 bits per heavy atom. The first-order valence-corrected chi connectivity index (χ1v) is 8.56. The van der Waals surface area contributed by atoms with Crippen molar-refractivity contribution in [2.75, 3.05) is 33.8 Å². The maximum absolute atomic E-state index is 12.4. The van der Waals surface area contributed by atoms with E-state index in [1.807, 2.05) is 20.0 Å². The van der Waals surface area contributed by atoms with Gasteiger partial charge in [0, 0.05) is 38.3 Å². The van der Waals surface area contributed by atoms with Crippen LogP contribution in [0.2, 0.25) is 0 Å². The number of hydrogen-bond donors (Lipinski definition) is 2. The minimum atomic E-state index is -4.37. The maximum Gasteiger partial charge on any atom is 0.422 e. The number of hydrogen-bond acceptors (Lipinski definition) is 3. The molecule has 0 heterocycles. The van der Waals surface area contributed by atoms with Gasteiger partial charge in [-0.05, 0) is 39.4 Å². The monoisotopic (exact) mass is 502 g/mol. The Bertz CT molecular complexity index is 594. The van der Waals surface area contributed by atoms with Crippen molar-refractivity contribution in [2.24, 2.45) is 4.99 Å². The van der Waals surface area contributed by atoms with Gasteiger partial charge in [0.15, 0.2) is 12.6 Å². The van der Waals surface area contributed by atoms with Gasteiger partial charge in [0.1, 0.15) is 5.75 Å². The minimum absolute atomic E-state index is 0. The lowest BCUT2D eigenvalue weighted by Crippen LogP contribution is -2.41. The Balaban J connectivity index is 0.00000676. The number of benzene rings is 1. The molecule has 0 radical (unpaired) electrons. The van der Waals surface area contributed by atoms with Crippen LogP contribution in [0.15, 0.2) is 23.2 Å². The Morgan fingerprint density at radius 1 is 1.26 bits per heavy atom. The number of ether oxygens (including phenoxy) is 1. The van der Waals surface area contributed by atoms with Crippen LogP contribution in [0, 0.1) is 6.92 Å². The zero-order chi connectivity index (χ0) is 19.7. The van der Waals surface area contributed by atoms with Gasteiger partial charge in [0.25, 0.3) is 0 Å². The number of likely N-dealkylation sites (N-methyl/N-ethyl adjacent to an activating group) is 1. The smallest absolute Gasteiger partial charge is 0.422 e. The van der Waals surface area contributed by atoms with Crippen molar-refractivity contribution in [2.45, 2.75) is 39.5 Å². The van der Waals surface area contributed by atoms with Crippen LogP contribution in [0.1, 0.15) is 25.0 Å². The van der Waals surface area contributed by atoms with Gasteiger partial charge >= 0.3 is 6.18 Å². The Kier molecular flexibility index (Phi) is 11.7. The second-order valence-electron chi connectivity index (χ2n) is 6.44. The number of alkyl halides is 3. The molecule has 1 rings (SSSR count). The number of rotatable bonds is 8. The fraction of sp³-hybridized carbons (Fsp3) is 0.611. The molecule has 5 nitrogen and oxygen atoms in total. The van der Waals surface area contributed by atoms with Crippen LogP contribution in [0.25, 0.3) is 0 Å². The predicted octanol–water partition coefficient (Wildman–Crippen LogP) is 3.56. The van der Waals surface area contributed by atoms with Crippen LogP contribution in [0.3, 0.4) is 0 Å². The van der Waals surface area contributed by atoms with Crippen LogP contribution in [0.4, 0.5) is 13.2 Å². The number of guanidine groups is 1. The van der Waals surface area contributed by atoms with Crippen molar-refractivity contribution in [3.05, 3.63) is 29.3 Å². The highest BCUT2D eigenvalue weighted by atomic mass is 127. The summed E-state index contributed by atoms with van der Waals surface area (Å²) in [5.74, 6) is 0.814. The van der Waals surface area contributed by atoms with Gasteiger partial charge in [-0.3, -0.25) is 4.99 Å². The van der Waals surface area contributed by atoms with Crippen molar-refractivity contribution in [1.82, 2.24) is 15.5 Å². The number of aliphatic imine (C=N–C) groups is 1. The highest BCUT2D eigenvalue weighted by molar-refractivity contribution is 14.0. The molecule has 0 aromatic heterocycles. The van der Waals surface area contributed by atoms with Gasteiger partial charge in [-0.25, -0.2) is 0 Å². The van der Waals surface area contributed by atoms with Crippen molar-refractivity contribution in [3.63, 3.8) is 0 Å². The average molecular weight is 502 g/mol. The van der Waals surface area contributed by atoms with Gasteiger partial charge in [-0.2, -0.15) is 13.2 Å². The van der Waals surface area contributed by atoms with E-state index in [2.05, 4.69) is 34.4 Å². The molecule has 0 aliphatic rings. The number of aryl methyl sites for hydroxylation is 1. The van der Waals surface area contributed by atoms with Crippen molar-refractivity contribution in [3.8, 4) is 5.75 Å². The van der Waals surface area contributed by atoms with Gasteiger partial charge in [-0.1, -0.05) is 12.1 Å². The molecule has 0 aliphatic carbocycles. The van der Waals surface area contributed by atoms with Crippen molar-refractivity contribution in [1.29, 1.82) is 0 Å². The van der Waals surface area contributed by atoms with Crippen molar-refractivity contribution < 1.29 is 17.9 Å². The second kappa shape index (κ2) is 12.3. The summed E-state index contributed by atoms with van der Waals surface area (Å²) in [4.78, 5) is 6.33. The molecule has 9 heteroatoms. The quantitative estimate of drug-likeness (QED) is 0.325. The van der Waals surface area contributed by atoms with Gasteiger partial charge in [0.05, 0.1) is 0 Å². The maximum atomic E-state index is 12.4. The molecule has 0 amide bonds. The van der Waals surface area contributed by atoms with Crippen LogP contribution in [-0.2, 0) is 6.54 Å². The third-order valence-corrected chi connectivity index (χ3v) is 3.92. The molecule has 0 unspecified atom stereocenters. The van der Waals surface area contributed by atoms with E-state index < -0.39 is 12.8 Å². The summed E-state index contributed by atoms with van der Waals surface area (Å²) < 4.78 is 42.2. The molecular formula is C18H30F3IN4O.